The maximum Gasteiger partial charge on any atom is 0.252 e. The summed E-state index contributed by atoms with van der Waals surface area (Å²) in [6.45, 7) is 3.73. The number of fused-ring (bicyclic) bond motifs is 1. The Hall–Kier alpha value is -0.470. The molecule has 0 N–H and O–H groups in total. The predicted octanol–water partition coefficient (Wildman–Crippen LogP) is 1.15. The molecule has 2 aliphatic heterocycles. The standard InChI is InChI=1S/C14H23N3O2S2/c1-15(2)9-10-16-7-5-13-12(16)6-8-17(13)21(18,19)14-4-3-11-20-14/h3-4,11-13H,5-10H2,1-2H3. The fraction of sp³-hybridized carbons (Fsp3) is 0.714. The lowest BCUT2D eigenvalue weighted by atomic mass is 10.1. The minimum Gasteiger partial charge on any atom is -0.308 e. The van der Waals surface area contributed by atoms with Gasteiger partial charge in [0.2, 0.25) is 0 Å². The van der Waals surface area contributed by atoms with Crippen LogP contribution in [0.25, 0.3) is 0 Å². The summed E-state index contributed by atoms with van der Waals surface area (Å²) in [5.41, 5.74) is 0. The third-order valence-electron chi connectivity index (χ3n) is 4.53. The molecule has 118 valence electrons. The van der Waals surface area contributed by atoms with Crippen LogP contribution >= 0.6 is 11.3 Å². The summed E-state index contributed by atoms with van der Waals surface area (Å²) in [5, 5.41) is 1.83. The first kappa shape index (κ1) is 15.4. The quantitative estimate of drug-likeness (QED) is 0.813. The third kappa shape index (κ3) is 2.90. The molecule has 0 bridgehead atoms. The molecule has 0 radical (unpaired) electrons. The summed E-state index contributed by atoms with van der Waals surface area (Å²) in [4.78, 5) is 4.65. The van der Waals surface area contributed by atoms with E-state index in [-0.39, 0.29) is 6.04 Å². The van der Waals surface area contributed by atoms with Crippen molar-refractivity contribution in [1.82, 2.24) is 14.1 Å². The average Bonchev–Trinajstić information content (AvgIpc) is 3.13. The Kier molecular flexibility index (Phi) is 4.38. The summed E-state index contributed by atoms with van der Waals surface area (Å²) in [7, 11) is 0.869. The summed E-state index contributed by atoms with van der Waals surface area (Å²) in [6.07, 6.45) is 1.92. The van der Waals surface area contributed by atoms with E-state index in [1.54, 1.807) is 10.4 Å². The lowest BCUT2D eigenvalue weighted by Gasteiger charge is -2.26. The van der Waals surface area contributed by atoms with E-state index in [1.165, 1.54) is 11.3 Å². The van der Waals surface area contributed by atoms with Crippen LogP contribution in [0.2, 0.25) is 0 Å². The first-order chi connectivity index (χ1) is 10.00. The van der Waals surface area contributed by atoms with Gasteiger partial charge in [-0.05, 0) is 38.4 Å². The predicted molar refractivity (Wildman–Crippen MR) is 85.1 cm³/mol. The molecule has 1 aromatic rings. The highest BCUT2D eigenvalue weighted by atomic mass is 32.2. The number of thiophene rings is 1. The molecule has 5 nitrogen and oxygen atoms in total. The molecule has 2 saturated heterocycles. The van der Waals surface area contributed by atoms with Gasteiger partial charge in [0.25, 0.3) is 10.0 Å². The lowest BCUT2D eigenvalue weighted by Crippen LogP contribution is -2.41. The molecule has 2 atom stereocenters. The third-order valence-corrected chi connectivity index (χ3v) is 7.83. The van der Waals surface area contributed by atoms with Crippen molar-refractivity contribution in [2.45, 2.75) is 29.1 Å². The van der Waals surface area contributed by atoms with E-state index in [1.807, 2.05) is 11.4 Å². The fourth-order valence-corrected chi connectivity index (χ4v) is 6.28. The lowest BCUT2D eigenvalue weighted by molar-refractivity contribution is 0.222. The largest absolute Gasteiger partial charge is 0.308 e. The summed E-state index contributed by atoms with van der Waals surface area (Å²) < 4.78 is 27.7. The Balaban J connectivity index is 1.72. The minimum absolute atomic E-state index is 0.166. The van der Waals surface area contributed by atoms with E-state index < -0.39 is 10.0 Å². The van der Waals surface area contributed by atoms with Crippen molar-refractivity contribution in [2.75, 3.05) is 40.3 Å². The number of nitrogens with zero attached hydrogens (tertiary/aromatic N) is 3. The Labute approximate surface area is 131 Å². The van der Waals surface area contributed by atoms with Crippen molar-refractivity contribution >= 4 is 21.4 Å². The first-order valence-corrected chi connectivity index (χ1v) is 9.76. The second-order valence-corrected chi connectivity index (χ2v) is 9.16. The van der Waals surface area contributed by atoms with Crippen LogP contribution in [0, 0.1) is 0 Å². The van der Waals surface area contributed by atoms with Crippen LogP contribution in [0.4, 0.5) is 0 Å². The van der Waals surface area contributed by atoms with Gasteiger partial charge >= 0.3 is 0 Å². The van der Waals surface area contributed by atoms with Gasteiger partial charge in [-0.2, -0.15) is 4.31 Å². The molecule has 3 heterocycles. The van der Waals surface area contributed by atoms with Gasteiger partial charge in [-0.25, -0.2) is 8.42 Å². The zero-order valence-corrected chi connectivity index (χ0v) is 14.2. The Morgan fingerprint density at radius 1 is 1.29 bits per heavy atom. The molecule has 2 aliphatic rings. The van der Waals surface area contributed by atoms with Crippen LogP contribution < -0.4 is 0 Å². The van der Waals surface area contributed by atoms with E-state index in [4.69, 9.17) is 0 Å². The van der Waals surface area contributed by atoms with Crippen molar-refractivity contribution in [1.29, 1.82) is 0 Å². The summed E-state index contributed by atoms with van der Waals surface area (Å²) in [6, 6.07) is 4.09. The van der Waals surface area contributed by atoms with Gasteiger partial charge in [0, 0.05) is 38.3 Å². The molecule has 7 heteroatoms. The van der Waals surface area contributed by atoms with E-state index in [0.29, 0.717) is 16.8 Å². The molecular formula is C14H23N3O2S2. The van der Waals surface area contributed by atoms with E-state index in [0.717, 1.165) is 32.5 Å². The zero-order valence-electron chi connectivity index (χ0n) is 12.6. The van der Waals surface area contributed by atoms with Gasteiger partial charge in [0.05, 0.1) is 0 Å². The van der Waals surface area contributed by atoms with Crippen molar-refractivity contribution < 1.29 is 8.42 Å². The van der Waals surface area contributed by atoms with Crippen LogP contribution in [0.1, 0.15) is 12.8 Å². The normalized spacial score (nSPS) is 27.6. The molecule has 0 spiro atoms. The molecule has 0 aromatic carbocycles. The van der Waals surface area contributed by atoms with Crippen molar-refractivity contribution in [2.24, 2.45) is 0 Å². The van der Waals surface area contributed by atoms with Gasteiger partial charge in [0.15, 0.2) is 0 Å². The Morgan fingerprint density at radius 2 is 2.05 bits per heavy atom. The van der Waals surface area contributed by atoms with E-state index >= 15 is 0 Å². The summed E-state index contributed by atoms with van der Waals surface area (Å²) >= 11 is 1.32. The first-order valence-electron chi connectivity index (χ1n) is 7.44. The number of likely N-dealkylation sites (N-methyl/N-ethyl adjacent to an activating group) is 1. The maximum absolute atomic E-state index is 12.7. The Bertz CT molecular complexity index is 571. The minimum atomic E-state index is -3.29. The maximum atomic E-state index is 12.7. The van der Waals surface area contributed by atoms with Gasteiger partial charge in [0.1, 0.15) is 4.21 Å². The second kappa shape index (κ2) is 5.96. The highest BCUT2D eigenvalue weighted by molar-refractivity contribution is 7.91. The topological polar surface area (TPSA) is 43.9 Å². The van der Waals surface area contributed by atoms with E-state index in [2.05, 4.69) is 23.9 Å². The van der Waals surface area contributed by atoms with Gasteiger partial charge in [-0.3, -0.25) is 4.90 Å². The van der Waals surface area contributed by atoms with Crippen LogP contribution in [0.3, 0.4) is 0 Å². The molecule has 1 aromatic heterocycles. The van der Waals surface area contributed by atoms with Crippen molar-refractivity contribution in [3.63, 3.8) is 0 Å². The van der Waals surface area contributed by atoms with Crippen molar-refractivity contribution in [3.8, 4) is 0 Å². The van der Waals surface area contributed by atoms with E-state index in [9.17, 15) is 8.42 Å². The molecule has 0 aliphatic carbocycles. The molecule has 21 heavy (non-hydrogen) atoms. The SMILES string of the molecule is CN(C)CCN1CCC2C1CCN2S(=O)(=O)c1cccs1. The number of sulfonamides is 1. The number of rotatable bonds is 5. The summed E-state index contributed by atoms with van der Waals surface area (Å²) in [5.74, 6) is 0. The van der Waals surface area contributed by atoms with Gasteiger partial charge in [-0.15, -0.1) is 11.3 Å². The number of likely N-dealkylation sites (tertiary alicyclic amines) is 1. The molecule has 0 saturated carbocycles. The number of hydrogen-bond donors (Lipinski definition) is 0. The smallest absolute Gasteiger partial charge is 0.252 e. The molecule has 2 fully saturated rings. The van der Waals surface area contributed by atoms with Crippen LogP contribution in [0.5, 0.6) is 0 Å². The van der Waals surface area contributed by atoms with Gasteiger partial charge < -0.3 is 4.90 Å². The van der Waals surface area contributed by atoms with Gasteiger partial charge in [-0.1, -0.05) is 6.07 Å². The van der Waals surface area contributed by atoms with Crippen molar-refractivity contribution in [3.05, 3.63) is 17.5 Å². The molecular weight excluding hydrogens is 306 g/mol. The molecule has 3 rings (SSSR count). The molecule has 2 unspecified atom stereocenters. The average molecular weight is 329 g/mol. The zero-order chi connectivity index (χ0) is 15.0. The van der Waals surface area contributed by atoms with Crippen LogP contribution in [-0.4, -0.2) is 74.9 Å². The molecule has 0 amide bonds. The van der Waals surface area contributed by atoms with Crippen LogP contribution in [-0.2, 0) is 10.0 Å². The highest BCUT2D eigenvalue weighted by Gasteiger charge is 2.47. The highest BCUT2D eigenvalue weighted by Crippen LogP contribution is 2.36. The fourth-order valence-electron chi connectivity index (χ4n) is 3.47. The number of hydrogen-bond acceptors (Lipinski definition) is 5. The van der Waals surface area contributed by atoms with Crippen LogP contribution in [0.15, 0.2) is 21.7 Å². The monoisotopic (exact) mass is 329 g/mol. The second-order valence-electron chi connectivity index (χ2n) is 6.10. The Morgan fingerprint density at radius 3 is 2.71 bits per heavy atom.